The number of carbonyl (C=O) groups excluding carboxylic acids is 3. The Morgan fingerprint density at radius 3 is 2.39 bits per heavy atom. The SMILES string of the molecule is C=C1CC23CC4C5C6(C)CN4C4C5(CC(OC(=O)C(C)CC)C6OC(C)=O)C2C(O)C1C(OC(C)=O)C43O. The van der Waals surface area contributed by atoms with Crippen LogP contribution >= 0.6 is 0 Å². The molecule has 3 aliphatic heterocycles. The first-order valence-corrected chi connectivity index (χ1v) is 14.2. The molecule has 9 aliphatic rings. The third-order valence-electron chi connectivity index (χ3n) is 12.3. The quantitative estimate of drug-likeness (QED) is 0.311. The molecule has 0 aromatic carbocycles. The number of rotatable bonds is 5. The lowest BCUT2D eigenvalue weighted by Gasteiger charge is -2.68. The molecule has 15 atom stereocenters. The zero-order valence-corrected chi connectivity index (χ0v) is 22.8. The van der Waals surface area contributed by atoms with Crippen molar-refractivity contribution in [2.24, 2.45) is 39.9 Å². The van der Waals surface area contributed by atoms with Crippen LogP contribution in [-0.4, -0.2) is 81.7 Å². The molecule has 9 nitrogen and oxygen atoms in total. The van der Waals surface area contributed by atoms with Gasteiger partial charge in [0.15, 0.2) is 0 Å². The molecule has 38 heavy (non-hydrogen) atoms. The minimum Gasteiger partial charge on any atom is -0.459 e. The maximum atomic E-state index is 13.1. The highest BCUT2D eigenvalue weighted by Gasteiger charge is 2.96. The van der Waals surface area contributed by atoms with Crippen LogP contribution in [0.2, 0.25) is 0 Å². The van der Waals surface area contributed by atoms with Crippen LogP contribution in [-0.2, 0) is 28.6 Å². The fourth-order valence-corrected chi connectivity index (χ4v) is 11.8. The minimum atomic E-state index is -1.35. The van der Waals surface area contributed by atoms with Gasteiger partial charge in [-0.1, -0.05) is 32.9 Å². The number of esters is 3. The molecule has 9 bridgehead atoms. The van der Waals surface area contributed by atoms with Gasteiger partial charge < -0.3 is 24.4 Å². The zero-order chi connectivity index (χ0) is 27.3. The molecule has 3 heterocycles. The Bertz CT molecular complexity index is 1170. The summed E-state index contributed by atoms with van der Waals surface area (Å²) in [6.45, 7) is 13.5. The van der Waals surface area contributed by atoms with Crippen molar-refractivity contribution in [3.05, 3.63) is 12.2 Å². The van der Waals surface area contributed by atoms with Crippen molar-refractivity contribution < 1.29 is 38.8 Å². The van der Waals surface area contributed by atoms with Crippen LogP contribution in [0.4, 0.5) is 0 Å². The Kier molecular flexibility index (Phi) is 4.75. The van der Waals surface area contributed by atoms with Gasteiger partial charge in [-0.15, -0.1) is 0 Å². The lowest BCUT2D eigenvalue weighted by Crippen LogP contribution is -2.77. The second-order valence-corrected chi connectivity index (χ2v) is 13.8. The fourth-order valence-electron chi connectivity index (χ4n) is 11.8. The molecule has 0 aromatic heterocycles. The van der Waals surface area contributed by atoms with Crippen LogP contribution in [0.5, 0.6) is 0 Å². The molecular formula is C29H39NO8. The Morgan fingerprint density at radius 1 is 1.11 bits per heavy atom. The summed E-state index contributed by atoms with van der Waals surface area (Å²) in [5.41, 5.74) is -2.28. The van der Waals surface area contributed by atoms with E-state index < -0.39 is 64.1 Å². The summed E-state index contributed by atoms with van der Waals surface area (Å²) in [6, 6.07) is -0.213. The second kappa shape index (κ2) is 7.21. The maximum absolute atomic E-state index is 13.1. The summed E-state index contributed by atoms with van der Waals surface area (Å²) in [5, 5.41) is 24.9. The smallest absolute Gasteiger partial charge is 0.309 e. The van der Waals surface area contributed by atoms with E-state index in [1.54, 1.807) is 0 Å². The van der Waals surface area contributed by atoms with Gasteiger partial charge in [0, 0.05) is 60.6 Å². The number of hydrogen-bond acceptors (Lipinski definition) is 9. The molecule has 208 valence electrons. The van der Waals surface area contributed by atoms with Crippen LogP contribution in [0.15, 0.2) is 12.2 Å². The topological polar surface area (TPSA) is 123 Å². The number of aliphatic hydroxyl groups is 2. The normalized spacial score (nSPS) is 56.7. The number of aliphatic hydroxyl groups excluding tert-OH is 1. The van der Waals surface area contributed by atoms with Crippen LogP contribution in [0.25, 0.3) is 0 Å². The van der Waals surface area contributed by atoms with E-state index in [4.69, 9.17) is 14.2 Å². The van der Waals surface area contributed by atoms with E-state index in [1.165, 1.54) is 13.8 Å². The van der Waals surface area contributed by atoms with E-state index >= 15 is 0 Å². The molecule has 9 fully saturated rings. The first kappa shape index (κ1) is 25.0. The van der Waals surface area contributed by atoms with Gasteiger partial charge in [-0.25, -0.2) is 0 Å². The van der Waals surface area contributed by atoms with Gasteiger partial charge in [-0.2, -0.15) is 0 Å². The van der Waals surface area contributed by atoms with Gasteiger partial charge in [0.2, 0.25) is 0 Å². The first-order valence-electron chi connectivity index (χ1n) is 14.2. The van der Waals surface area contributed by atoms with Crippen molar-refractivity contribution in [3.8, 4) is 0 Å². The number of hydrogen-bond donors (Lipinski definition) is 2. The van der Waals surface area contributed by atoms with E-state index in [9.17, 15) is 24.6 Å². The van der Waals surface area contributed by atoms with Gasteiger partial charge in [0.05, 0.1) is 12.0 Å². The van der Waals surface area contributed by atoms with Crippen LogP contribution in [0, 0.1) is 39.9 Å². The Balaban J connectivity index is 1.41. The highest BCUT2D eigenvalue weighted by molar-refractivity contribution is 5.72. The van der Waals surface area contributed by atoms with Gasteiger partial charge in [0.1, 0.15) is 23.9 Å². The molecule has 0 aromatic rings. The summed E-state index contributed by atoms with van der Waals surface area (Å²) < 4.78 is 18.0. The second-order valence-electron chi connectivity index (χ2n) is 13.8. The number of fused-ring (bicyclic) bond motifs is 1. The van der Waals surface area contributed by atoms with Crippen molar-refractivity contribution in [2.75, 3.05) is 6.54 Å². The Hall–Kier alpha value is -1.97. The van der Waals surface area contributed by atoms with Gasteiger partial charge in [-0.3, -0.25) is 19.3 Å². The van der Waals surface area contributed by atoms with Gasteiger partial charge >= 0.3 is 17.9 Å². The third kappa shape index (κ3) is 2.37. The summed E-state index contributed by atoms with van der Waals surface area (Å²) in [5.74, 6) is -2.30. The molecule has 2 N–H and O–H groups in total. The molecule has 3 saturated heterocycles. The molecule has 9 heteroatoms. The largest absolute Gasteiger partial charge is 0.459 e. The van der Waals surface area contributed by atoms with Crippen LogP contribution < -0.4 is 0 Å². The predicted octanol–water partition coefficient (Wildman–Crippen LogP) is 1.59. The van der Waals surface area contributed by atoms with Gasteiger partial charge in [0.25, 0.3) is 0 Å². The molecular weight excluding hydrogens is 490 g/mol. The highest BCUT2D eigenvalue weighted by atomic mass is 16.6. The average molecular weight is 530 g/mol. The summed E-state index contributed by atoms with van der Waals surface area (Å²) in [6.07, 6.45) is -0.752. The predicted molar refractivity (Wildman–Crippen MR) is 132 cm³/mol. The monoisotopic (exact) mass is 529 g/mol. The third-order valence-corrected chi connectivity index (χ3v) is 12.3. The molecule has 0 amide bonds. The minimum absolute atomic E-state index is 0.0350. The fraction of sp³-hybridized carbons (Fsp3) is 0.828. The lowest BCUT2D eigenvalue weighted by atomic mass is 9.38. The molecule has 6 aliphatic carbocycles. The summed E-state index contributed by atoms with van der Waals surface area (Å²) >= 11 is 0. The number of piperidine rings is 2. The zero-order valence-electron chi connectivity index (χ0n) is 22.8. The first-order chi connectivity index (χ1) is 17.8. The van der Waals surface area contributed by atoms with Crippen molar-refractivity contribution in [3.63, 3.8) is 0 Å². The van der Waals surface area contributed by atoms with Crippen molar-refractivity contribution in [1.29, 1.82) is 0 Å². The summed E-state index contributed by atoms with van der Waals surface area (Å²) in [4.78, 5) is 40.1. The van der Waals surface area contributed by atoms with Crippen molar-refractivity contribution >= 4 is 17.9 Å². The number of ether oxygens (including phenoxy) is 3. The highest BCUT2D eigenvalue weighted by Crippen LogP contribution is 2.88. The number of carbonyl (C=O) groups is 3. The van der Waals surface area contributed by atoms with Crippen molar-refractivity contribution in [2.45, 2.75) is 102 Å². The Morgan fingerprint density at radius 2 is 1.76 bits per heavy atom. The van der Waals surface area contributed by atoms with Gasteiger partial charge in [-0.05, 0) is 31.6 Å². The Labute approximate surface area is 222 Å². The summed E-state index contributed by atoms with van der Waals surface area (Å²) in [7, 11) is 0. The average Bonchev–Trinajstić information content (AvgIpc) is 3.25. The molecule has 9 rings (SSSR count). The van der Waals surface area contributed by atoms with E-state index in [0.717, 1.165) is 5.57 Å². The molecule has 6 saturated carbocycles. The van der Waals surface area contributed by atoms with E-state index in [-0.39, 0.29) is 35.8 Å². The van der Waals surface area contributed by atoms with Crippen LogP contribution in [0.3, 0.4) is 0 Å². The molecule has 0 radical (unpaired) electrons. The standard InChI is InChI=1S/C29H39NO8/c1-7-12(2)24(34)38-17-10-28-20-16-9-27-8-13(3)18(19(33)21(27)28)23(37-15(5)32)29(27,35)25(28)30(16)11-26(20,6)22(17)36-14(4)31/h12,16-23,25,33,35H,3,7-11H2,1-2,4-6H3. The van der Waals surface area contributed by atoms with Crippen molar-refractivity contribution in [1.82, 2.24) is 4.90 Å². The molecule has 2 spiro atoms. The van der Waals surface area contributed by atoms with E-state index in [1.807, 2.05) is 13.8 Å². The number of nitrogens with zero attached hydrogens (tertiary/aromatic N) is 1. The van der Waals surface area contributed by atoms with E-state index in [0.29, 0.717) is 32.2 Å². The van der Waals surface area contributed by atoms with E-state index in [2.05, 4.69) is 18.4 Å². The molecule has 15 unspecified atom stereocenters. The van der Waals surface area contributed by atoms with Crippen LogP contribution in [0.1, 0.15) is 60.3 Å². The lowest BCUT2D eigenvalue weighted by molar-refractivity contribution is -0.285. The maximum Gasteiger partial charge on any atom is 0.309 e.